The summed E-state index contributed by atoms with van der Waals surface area (Å²) in [5.74, 6) is -0.457. The number of carbonyl (C=O) groups is 1. The minimum atomic E-state index is -1.03. The Hall–Kier alpha value is -1.66. The zero-order valence-electron chi connectivity index (χ0n) is 10.8. The summed E-state index contributed by atoms with van der Waals surface area (Å²) in [4.78, 5) is 18.8. The van der Waals surface area contributed by atoms with Crippen LogP contribution in [0.5, 0.6) is 0 Å². The monoisotopic (exact) mass is 336 g/mol. The molecule has 104 valence electrons. The van der Waals surface area contributed by atoms with Crippen LogP contribution in [0.4, 0.5) is 0 Å². The fourth-order valence-corrected chi connectivity index (χ4v) is 2.61. The lowest BCUT2D eigenvalue weighted by Crippen LogP contribution is -2.53. The Morgan fingerprint density at radius 2 is 2.25 bits per heavy atom. The molecule has 2 heterocycles. The van der Waals surface area contributed by atoms with Crippen LogP contribution in [0, 0.1) is 6.92 Å². The molecular weight excluding hydrogens is 324 g/mol. The summed E-state index contributed by atoms with van der Waals surface area (Å²) in [6, 6.07) is 5.95. The van der Waals surface area contributed by atoms with Gasteiger partial charge in [-0.15, -0.1) is 0 Å². The third-order valence-electron chi connectivity index (χ3n) is 3.63. The van der Waals surface area contributed by atoms with E-state index in [0.717, 1.165) is 21.3 Å². The smallest absolute Gasteiger partial charge is 0.322 e. The van der Waals surface area contributed by atoms with Crippen LogP contribution in [0.3, 0.4) is 0 Å². The van der Waals surface area contributed by atoms with Gasteiger partial charge in [0.25, 0.3) is 0 Å². The SMILES string of the molecule is Cc1ccc(Br)cc1-c1cnc(C2(C(=O)O)COC2)[nH]1. The summed E-state index contributed by atoms with van der Waals surface area (Å²) in [6.45, 7) is 2.32. The molecule has 1 aromatic heterocycles. The molecule has 1 fully saturated rings. The molecule has 0 aliphatic carbocycles. The van der Waals surface area contributed by atoms with E-state index in [9.17, 15) is 9.90 Å². The number of hydrogen-bond donors (Lipinski definition) is 2. The number of nitrogens with one attached hydrogen (secondary N) is 1. The maximum absolute atomic E-state index is 11.4. The number of H-pyrrole nitrogens is 1. The van der Waals surface area contributed by atoms with E-state index in [1.807, 2.05) is 25.1 Å². The molecule has 1 saturated heterocycles. The standard InChI is InChI=1S/C14H13BrN2O3/c1-8-2-3-9(15)4-10(8)11-5-16-12(17-11)14(13(18)19)6-20-7-14/h2-5H,6-7H2,1H3,(H,16,17)(H,18,19). The molecular formula is C14H13BrN2O3. The lowest BCUT2D eigenvalue weighted by molar-refractivity contribution is -0.163. The number of ether oxygens (including phenoxy) is 1. The first kappa shape index (κ1) is 13.3. The van der Waals surface area contributed by atoms with Crippen molar-refractivity contribution in [2.45, 2.75) is 12.3 Å². The summed E-state index contributed by atoms with van der Waals surface area (Å²) >= 11 is 3.44. The first-order valence-corrected chi connectivity index (χ1v) is 6.95. The number of aromatic nitrogens is 2. The molecule has 0 amide bonds. The van der Waals surface area contributed by atoms with Gasteiger partial charge in [-0.2, -0.15) is 0 Å². The van der Waals surface area contributed by atoms with Crippen molar-refractivity contribution in [2.75, 3.05) is 13.2 Å². The number of halogens is 1. The fraction of sp³-hybridized carbons (Fsp3) is 0.286. The molecule has 20 heavy (non-hydrogen) atoms. The maximum Gasteiger partial charge on any atom is 0.322 e. The predicted octanol–water partition coefficient (Wildman–Crippen LogP) is 2.50. The maximum atomic E-state index is 11.4. The number of hydrogen-bond acceptors (Lipinski definition) is 3. The van der Waals surface area contributed by atoms with Gasteiger partial charge < -0.3 is 14.8 Å². The van der Waals surface area contributed by atoms with Crippen LogP contribution >= 0.6 is 15.9 Å². The highest BCUT2D eigenvalue weighted by molar-refractivity contribution is 9.10. The van der Waals surface area contributed by atoms with E-state index in [4.69, 9.17) is 4.74 Å². The normalized spacial score (nSPS) is 16.7. The molecule has 0 unspecified atom stereocenters. The van der Waals surface area contributed by atoms with E-state index in [2.05, 4.69) is 25.9 Å². The minimum Gasteiger partial charge on any atom is -0.480 e. The van der Waals surface area contributed by atoms with Gasteiger partial charge in [-0.1, -0.05) is 22.0 Å². The largest absolute Gasteiger partial charge is 0.480 e. The van der Waals surface area contributed by atoms with Gasteiger partial charge in [0.1, 0.15) is 5.82 Å². The van der Waals surface area contributed by atoms with Crippen molar-refractivity contribution in [3.05, 3.63) is 40.3 Å². The van der Waals surface area contributed by atoms with E-state index < -0.39 is 11.4 Å². The van der Waals surface area contributed by atoms with Crippen molar-refractivity contribution < 1.29 is 14.6 Å². The van der Waals surface area contributed by atoms with Crippen molar-refractivity contribution in [3.63, 3.8) is 0 Å². The molecule has 5 nitrogen and oxygen atoms in total. The first-order valence-electron chi connectivity index (χ1n) is 6.16. The number of benzene rings is 1. The van der Waals surface area contributed by atoms with Gasteiger partial charge in [-0.05, 0) is 24.6 Å². The molecule has 1 aliphatic heterocycles. The number of carboxylic acids is 1. The highest BCUT2D eigenvalue weighted by Gasteiger charge is 2.50. The van der Waals surface area contributed by atoms with E-state index in [0.29, 0.717) is 5.82 Å². The van der Waals surface area contributed by atoms with Crippen LogP contribution in [0.2, 0.25) is 0 Å². The zero-order chi connectivity index (χ0) is 14.3. The third-order valence-corrected chi connectivity index (χ3v) is 4.12. The Morgan fingerprint density at radius 3 is 2.85 bits per heavy atom. The Bertz CT molecular complexity index is 677. The van der Waals surface area contributed by atoms with Gasteiger partial charge in [0.2, 0.25) is 0 Å². The second kappa shape index (κ2) is 4.71. The van der Waals surface area contributed by atoms with E-state index >= 15 is 0 Å². The molecule has 0 spiro atoms. The Morgan fingerprint density at radius 1 is 1.50 bits per heavy atom. The van der Waals surface area contributed by atoms with Crippen LogP contribution in [-0.2, 0) is 14.9 Å². The van der Waals surface area contributed by atoms with E-state index in [1.54, 1.807) is 6.20 Å². The number of carboxylic acid groups (broad SMARTS) is 1. The Labute approximate surface area is 124 Å². The number of aliphatic carboxylic acids is 1. The Balaban J connectivity index is 2.02. The number of aryl methyl sites for hydroxylation is 1. The van der Waals surface area contributed by atoms with Crippen molar-refractivity contribution >= 4 is 21.9 Å². The number of nitrogens with zero attached hydrogens (tertiary/aromatic N) is 1. The van der Waals surface area contributed by atoms with Gasteiger partial charge in [0, 0.05) is 10.0 Å². The van der Waals surface area contributed by atoms with Crippen molar-refractivity contribution in [1.29, 1.82) is 0 Å². The van der Waals surface area contributed by atoms with E-state index in [-0.39, 0.29) is 13.2 Å². The second-order valence-electron chi connectivity index (χ2n) is 4.98. The minimum absolute atomic E-state index is 0.159. The summed E-state index contributed by atoms with van der Waals surface area (Å²) in [7, 11) is 0. The molecule has 2 N–H and O–H groups in total. The lowest BCUT2D eigenvalue weighted by Gasteiger charge is -2.35. The number of imidazole rings is 1. The molecule has 0 saturated carbocycles. The average molecular weight is 337 g/mol. The Kier molecular flexibility index (Phi) is 3.14. The molecule has 3 rings (SSSR count). The van der Waals surface area contributed by atoms with Crippen LogP contribution in [0.1, 0.15) is 11.4 Å². The summed E-state index contributed by atoms with van der Waals surface area (Å²) in [5.41, 5.74) is 1.88. The van der Waals surface area contributed by atoms with Crippen LogP contribution in [-0.4, -0.2) is 34.3 Å². The number of aromatic amines is 1. The molecule has 1 aliphatic rings. The predicted molar refractivity (Wildman–Crippen MR) is 76.6 cm³/mol. The zero-order valence-corrected chi connectivity index (χ0v) is 12.4. The highest BCUT2D eigenvalue weighted by atomic mass is 79.9. The topological polar surface area (TPSA) is 75.2 Å². The van der Waals surface area contributed by atoms with Crippen molar-refractivity contribution in [2.24, 2.45) is 0 Å². The molecule has 2 aromatic rings. The van der Waals surface area contributed by atoms with Gasteiger partial charge in [0.15, 0.2) is 5.41 Å². The van der Waals surface area contributed by atoms with Gasteiger partial charge in [-0.25, -0.2) is 4.98 Å². The summed E-state index contributed by atoms with van der Waals surface area (Å²) in [6.07, 6.45) is 1.67. The van der Waals surface area contributed by atoms with Gasteiger partial charge in [0.05, 0.1) is 25.1 Å². The van der Waals surface area contributed by atoms with Crippen LogP contribution in [0.25, 0.3) is 11.3 Å². The fourth-order valence-electron chi connectivity index (χ4n) is 2.25. The molecule has 0 radical (unpaired) electrons. The highest BCUT2D eigenvalue weighted by Crippen LogP contribution is 2.33. The summed E-state index contributed by atoms with van der Waals surface area (Å²) < 4.78 is 6.03. The first-order chi connectivity index (χ1) is 9.53. The molecule has 0 atom stereocenters. The number of rotatable bonds is 3. The van der Waals surface area contributed by atoms with Crippen LogP contribution < -0.4 is 0 Å². The molecule has 1 aromatic carbocycles. The third kappa shape index (κ3) is 1.96. The van der Waals surface area contributed by atoms with Crippen molar-refractivity contribution in [3.8, 4) is 11.3 Å². The van der Waals surface area contributed by atoms with Crippen LogP contribution in [0.15, 0.2) is 28.9 Å². The average Bonchev–Trinajstić information content (AvgIpc) is 2.80. The van der Waals surface area contributed by atoms with E-state index in [1.165, 1.54) is 0 Å². The van der Waals surface area contributed by atoms with Crippen molar-refractivity contribution in [1.82, 2.24) is 9.97 Å². The molecule has 0 bridgehead atoms. The molecule has 6 heteroatoms. The quantitative estimate of drug-likeness (QED) is 0.902. The second-order valence-corrected chi connectivity index (χ2v) is 5.90. The van der Waals surface area contributed by atoms with Gasteiger partial charge >= 0.3 is 5.97 Å². The lowest BCUT2D eigenvalue weighted by atomic mass is 9.85. The summed E-state index contributed by atoms with van der Waals surface area (Å²) in [5, 5.41) is 9.37. The van der Waals surface area contributed by atoms with Gasteiger partial charge in [-0.3, -0.25) is 4.79 Å².